The van der Waals surface area contributed by atoms with Gasteiger partial charge in [-0.2, -0.15) is 0 Å². The summed E-state index contributed by atoms with van der Waals surface area (Å²) in [6.45, 7) is 3.60. The lowest BCUT2D eigenvalue weighted by Gasteiger charge is -2.12. The Kier molecular flexibility index (Phi) is 3.23. The van der Waals surface area contributed by atoms with Crippen LogP contribution in [0, 0.1) is 17.8 Å². The summed E-state index contributed by atoms with van der Waals surface area (Å²) in [7, 11) is 2.02. The van der Waals surface area contributed by atoms with Crippen molar-refractivity contribution >= 4 is 0 Å². The molecule has 2 fully saturated rings. The Morgan fingerprint density at radius 2 is 1.85 bits per heavy atom. The van der Waals surface area contributed by atoms with Crippen LogP contribution in [-0.4, -0.2) is 26.7 Å². The van der Waals surface area contributed by atoms with Gasteiger partial charge in [0.1, 0.15) is 0 Å². The first-order valence-corrected chi connectivity index (χ1v) is 5.75. The highest BCUT2D eigenvalue weighted by atomic mass is 14.9. The summed E-state index contributed by atoms with van der Waals surface area (Å²) >= 11 is 0. The van der Waals surface area contributed by atoms with Gasteiger partial charge in [-0.1, -0.05) is 0 Å². The SMILES string of the molecule is CNCCCNCC1CC2CC2C1. The van der Waals surface area contributed by atoms with Gasteiger partial charge >= 0.3 is 0 Å². The van der Waals surface area contributed by atoms with Crippen LogP contribution in [0.4, 0.5) is 0 Å². The molecule has 2 nitrogen and oxygen atoms in total. The van der Waals surface area contributed by atoms with Crippen molar-refractivity contribution in [3.63, 3.8) is 0 Å². The van der Waals surface area contributed by atoms with E-state index in [2.05, 4.69) is 10.6 Å². The van der Waals surface area contributed by atoms with Crippen molar-refractivity contribution in [2.75, 3.05) is 26.7 Å². The van der Waals surface area contributed by atoms with Gasteiger partial charge in [-0.25, -0.2) is 0 Å². The van der Waals surface area contributed by atoms with Crippen molar-refractivity contribution in [2.24, 2.45) is 17.8 Å². The first kappa shape index (κ1) is 9.47. The molecule has 0 radical (unpaired) electrons. The molecule has 2 heteroatoms. The highest BCUT2D eigenvalue weighted by Gasteiger charge is 2.45. The van der Waals surface area contributed by atoms with E-state index in [9.17, 15) is 0 Å². The van der Waals surface area contributed by atoms with E-state index in [1.807, 2.05) is 7.05 Å². The van der Waals surface area contributed by atoms with Crippen molar-refractivity contribution in [3.8, 4) is 0 Å². The second-order valence-electron chi connectivity index (χ2n) is 4.75. The second-order valence-corrected chi connectivity index (χ2v) is 4.75. The molecule has 2 aliphatic rings. The van der Waals surface area contributed by atoms with Crippen molar-refractivity contribution in [2.45, 2.75) is 25.7 Å². The van der Waals surface area contributed by atoms with Crippen LogP contribution in [0.3, 0.4) is 0 Å². The Bertz CT molecular complexity index is 148. The number of hydrogen-bond acceptors (Lipinski definition) is 2. The minimum Gasteiger partial charge on any atom is -0.320 e. The third-order valence-corrected chi connectivity index (χ3v) is 3.55. The Labute approximate surface area is 81.5 Å². The molecule has 2 N–H and O–H groups in total. The van der Waals surface area contributed by atoms with Crippen LogP contribution >= 0.6 is 0 Å². The maximum atomic E-state index is 3.56. The highest BCUT2D eigenvalue weighted by Crippen LogP contribution is 2.54. The fourth-order valence-electron chi connectivity index (χ4n) is 2.70. The van der Waals surface area contributed by atoms with Gasteiger partial charge in [0.05, 0.1) is 0 Å². The van der Waals surface area contributed by atoms with Crippen LogP contribution in [0.25, 0.3) is 0 Å². The second kappa shape index (κ2) is 4.43. The molecule has 0 spiro atoms. The Morgan fingerprint density at radius 1 is 1.08 bits per heavy atom. The molecular formula is C11H22N2. The molecule has 0 saturated heterocycles. The van der Waals surface area contributed by atoms with E-state index in [4.69, 9.17) is 0 Å². The summed E-state index contributed by atoms with van der Waals surface area (Å²) in [5.74, 6) is 3.30. The minimum atomic E-state index is 1.01. The lowest BCUT2D eigenvalue weighted by molar-refractivity contribution is 0.444. The van der Waals surface area contributed by atoms with Gasteiger partial charge in [-0.3, -0.25) is 0 Å². The molecule has 0 amide bonds. The molecule has 0 heterocycles. The lowest BCUT2D eigenvalue weighted by Crippen LogP contribution is -2.25. The molecular weight excluding hydrogens is 160 g/mol. The van der Waals surface area contributed by atoms with Gasteiger partial charge in [0.25, 0.3) is 0 Å². The topological polar surface area (TPSA) is 24.1 Å². The van der Waals surface area contributed by atoms with E-state index in [-0.39, 0.29) is 0 Å². The van der Waals surface area contributed by atoms with Gasteiger partial charge in [0, 0.05) is 0 Å². The van der Waals surface area contributed by atoms with Crippen LogP contribution in [0.2, 0.25) is 0 Å². The molecule has 2 rings (SSSR count). The number of hydrogen-bond donors (Lipinski definition) is 2. The Hall–Kier alpha value is -0.0800. The molecule has 0 aromatic carbocycles. The zero-order chi connectivity index (χ0) is 9.10. The third kappa shape index (κ3) is 2.68. The van der Waals surface area contributed by atoms with Gasteiger partial charge < -0.3 is 10.6 Å². The van der Waals surface area contributed by atoms with E-state index in [1.54, 1.807) is 6.42 Å². The van der Waals surface area contributed by atoms with Crippen molar-refractivity contribution in [3.05, 3.63) is 0 Å². The molecule has 0 aromatic rings. The minimum absolute atomic E-state index is 1.01. The zero-order valence-corrected chi connectivity index (χ0v) is 8.68. The molecule has 76 valence electrons. The van der Waals surface area contributed by atoms with Crippen molar-refractivity contribution < 1.29 is 0 Å². The van der Waals surface area contributed by atoms with Gasteiger partial charge in [0.2, 0.25) is 0 Å². The predicted molar refractivity (Wildman–Crippen MR) is 55.7 cm³/mol. The average molecular weight is 182 g/mol. The zero-order valence-electron chi connectivity index (χ0n) is 8.68. The molecule has 2 aliphatic carbocycles. The standard InChI is InChI=1S/C11H22N2/c1-12-3-2-4-13-8-9-5-10-7-11(10)6-9/h9-13H,2-8H2,1H3. The number of fused-ring (bicyclic) bond motifs is 1. The monoisotopic (exact) mass is 182 g/mol. The fourth-order valence-corrected chi connectivity index (χ4v) is 2.70. The summed E-state index contributed by atoms with van der Waals surface area (Å²) in [6, 6.07) is 0. The predicted octanol–water partition coefficient (Wildman–Crippen LogP) is 1.23. The molecule has 2 saturated carbocycles. The first-order valence-electron chi connectivity index (χ1n) is 5.75. The summed E-state index contributed by atoms with van der Waals surface area (Å²) in [5.41, 5.74) is 0. The third-order valence-electron chi connectivity index (χ3n) is 3.55. The van der Waals surface area contributed by atoms with Crippen LogP contribution in [0.1, 0.15) is 25.7 Å². The first-order chi connectivity index (χ1) is 6.40. The number of nitrogens with one attached hydrogen (secondary N) is 2. The molecule has 13 heavy (non-hydrogen) atoms. The van der Waals surface area contributed by atoms with Crippen LogP contribution in [-0.2, 0) is 0 Å². The van der Waals surface area contributed by atoms with E-state index < -0.39 is 0 Å². The van der Waals surface area contributed by atoms with Crippen LogP contribution in [0.5, 0.6) is 0 Å². The van der Waals surface area contributed by atoms with Crippen molar-refractivity contribution in [1.82, 2.24) is 10.6 Å². The number of rotatable bonds is 6. The smallest absolute Gasteiger partial charge is 0.00203 e. The molecule has 0 aliphatic heterocycles. The van der Waals surface area contributed by atoms with Crippen molar-refractivity contribution in [1.29, 1.82) is 0 Å². The molecule has 2 atom stereocenters. The van der Waals surface area contributed by atoms with Gasteiger partial charge in [-0.05, 0) is 70.1 Å². The van der Waals surface area contributed by atoms with E-state index >= 15 is 0 Å². The molecule has 0 aromatic heterocycles. The van der Waals surface area contributed by atoms with E-state index in [0.29, 0.717) is 0 Å². The summed E-state index contributed by atoms with van der Waals surface area (Å²) in [6.07, 6.45) is 5.85. The van der Waals surface area contributed by atoms with Gasteiger partial charge in [-0.15, -0.1) is 0 Å². The molecule has 0 bridgehead atoms. The summed E-state index contributed by atoms with van der Waals surface area (Å²) in [4.78, 5) is 0. The van der Waals surface area contributed by atoms with Gasteiger partial charge in [0.15, 0.2) is 0 Å². The van der Waals surface area contributed by atoms with Crippen LogP contribution < -0.4 is 10.6 Å². The maximum absolute atomic E-state index is 3.56. The Balaban J connectivity index is 1.44. The quantitative estimate of drug-likeness (QED) is 0.604. The largest absolute Gasteiger partial charge is 0.320 e. The average Bonchev–Trinajstić information content (AvgIpc) is 2.74. The summed E-state index contributed by atoms with van der Waals surface area (Å²) in [5, 5.41) is 6.73. The highest BCUT2D eigenvalue weighted by molar-refractivity contribution is 4.96. The maximum Gasteiger partial charge on any atom is -0.00203 e. The van der Waals surface area contributed by atoms with Crippen LogP contribution in [0.15, 0.2) is 0 Å². The Morgan fingerprint density at radius 3 is 2.54 bits per heavy atom. The van der Waals surface area contributed by atoms with E-state index in [1.165, 1.54) is 32.4 Å². The molecule has 2 unspecified atom stereocenters. The lowest BCUT2D eigenvalue weighted by atomic mass is 10.0. The van der Waals surface area contributed by atoms with E-state index in [0.717, 1.165) is 24.3 Å². The normalized spacial score (nSPS) is 36.2. The summed E-state index contributed by atoms with van der Waals surface area (Å²) < 4.78 is 0. The fraction of sp³-hybridized carbons (Fsp3) is 1.00.